The molecule has 4 nitrogen and oxygen atoms in total. The van der Waals surface area contributed by atoms with E-state index in [1.54, 1.807) is 7.11 Å². The lowest BCUT2D eigenvalue weighted by molar-refractivity contribution is -0.149. The van der Waals surface area contributed by atoms with Crippen LogP contribution < -0.4 is 5.32 Å². The van der Waals surface area contributed by atoms with Gasteiger partial charge in [-0.1, -0.05) is 6.42 Å². The van der Waals surface area contributed by atoms with Crippen molar-refractivity contribution >= 4 is 5.97 Å². The minimum absolute atomic E-state index is 0.0293. The fraction of sp³-hybridized carbons (Fsp3) is 0.923. The highest BCUT2D eigenvalue weighted by molar-refractivity contribution is 5.72. The third-order valence-electron chi connectivity index (χ3n) is 3.23. The summed E-state index contributed by atoms with van der Waals surface area (Å²) in [4.78, 5) is 11.7. The molecule has 1 N–H and O–H groups in total. The summed E-state index contributed by atoms with van der Waals surface area (Å²) < 4.78 is 10.2. The van der Waals surface area contributed by atoms with Crippen molar-refractivity contribution in [2.24, 2.45) is 5.92 Å². The molecular formula is C13H25NO3. The Morgan fingerprint density at radius 3 is 2.88 bits per heavy atom. The lowest BCUT2D eigenvalue weighted by atomic mass is 9.85. The van der Waals surface area contributed by atoms with Gasteiger partial charge in [0.1, 0.15) is 0 Å². The monoisotopic (exact) mass is 243 g/mol. The smallest absolute Gasteiger partial charge is 0.308 e. The van der Waals surface area contributed by atoms with Gasteiger partial charge in [-0.2, -0.15) is 0 Å². The largest absolute Gasteiger partial charge is 0.466 e. The Bertz CT molecular complexity index is 233. The summed E-state index contributed by atoms with van der Waals surface area (Å²) in [5.74, 6) is 0.0503. The van der Waals surface area contributed by atoms with Gasteiger partial charge in [0, 0.05) is 19.2 Å². The number of rotatable bonds is 6. The maximum absolute atomic E-state index is 11.7. The van der Waals surface area contributed by atoms with Crippen LogP contribution in [0.1, 0.15) is 39.5 Å². The summed E-state index contributed by atoms with van der Waals surface area (Å²) in [6.45, 7) is 5.16. The van der Waals surface area contributed by atoms with Crippen LogP contribution in [0.3, 0.4) is 0 Å². The number of esters is 1. The molecule has 1 aliphatic carbocycles. The second-order valence-corrected chi connectivity index (χ2v) is 4.84. The third-order valence-corrected chi connectivity index (χ3v) is 3.23. The van der Waals surface area contributed by atoms with E-state index in [1.165, 1.54) is 0 Å². The minimum atomic E-state index is -0.0293. The van der Waals surface area contributed by atoms with Gasteiger partial charge in [0.05, 0.1) is 19.1 Å². The molecule has 1 aliphatic rings. The lowest BCUT2D eigenvalue weighted by Gasteiger charge is -2.30. The van der Waals surface area contributed by atoms with E-state index in [4.69, 9.17) is 9.47 Å². The molecule has 0 aromatic rings. The van der Waals surface area contributed by atoms with Crippen LogP contribution in [0, 0.1) is 5.92 Å². The van der Waals surface area contributed by atoms with E-state index >= 15 is 0 Å². The van der Waals surface area contributed by atoms with E-state index in [1.807, 2.05) is 6.92 Å². The molecule has 0 bridgehead atoms. The number of carbonyl (C=O) groups is 1. The predicted molar refractivity (Wildman–Crippen MR) is 66.9 cm³/mol. The molecule has 3 unspecified atom stereocenters. The summed E-state index contributed by atoms with van der Waals surface area (Å²) >= 11 is 0. The first-order valence-corrected chi connectivity index (χ1v) is 6.59. The third kappa shape index (κ3) is 5.04. The molecule has 0 aliphatic heterocycles. The number of nitrogens with one attached hydrogen (secondary N) is 1. The Labute approximate surface area is 104 Å². The highest BCUT2D eigenvalue weighted by Gasteiger charge is 2.28. The molecule has 0 saturated heterocycles. The van der Waals surface area contributed by atoms with Gasteiger partial charge in [0.2, 0.25) is 0 Å². The molecule has 17 heavy (non-hydrogen) atoms. The summed E-state index contributed by atoms with van der Waals surface area (Å²) in [7, 11) is 1.71. The maximum Gasteiger partial charge on any atom is 0.308 e. The molecule has 100 valence electrons. The molecule has 3 atom stereocenters. The van der Waals surface area contributed by atoms with Crippen LogP contribution in [-0.4, -0.2) is 38.4 Å². The molecule has 4 heteroatoms. The van der Waals surface area contributed by atoms with E-state index in [0.29, 0.717) is 25.3 Å². The van der Waals surface area contributed by atoms with Crippen LogP contribution in [0.15, 0.2) is 0 Å². The second-order valence-electron chi connectivity index (χ2n) is 4.84. The molecule has 1 fully saturated rings. The minimum Gasteiger partial charge on any atom is -0.466 e. The number of ether oxygens (including phenoxy) is 2. The van der Waals surface area contributed by atoms with Crippen molar-refractivity contribution < 1.29 is 14.3 Å². The molecule has 1 rings (SSSR count). The fourth-order valence-corrected chi connectivity index (χ4v) is 2.52. The van der Waals surface area contributed by atoms with Crippen LogP contribution in [-0.2, 0) is 14.3 Å². The molecular weight excluding hydrogens is 218 g/mol. The number of methoxy groups -OCH3 is 1. The summed E-state index contributed by atoms with van der Waals surface area (Å²) in [6.07, 6.45) is 4.10. The quantitative estimate of drug-likeness (QED) is 0.722. The van der Waals surface area contributed by atoms with Crippen LogP contribution in [0.4, 0.5) is 0 Å². The number of hydrogen-bond acceptors (Lipinski definition) is 4. The van der Waals surface area contributed by atoms with Crippen LogP contribution in [0.5, 0.6) is 0 Å². The van der Waals surface area contributed by atoms with Crippen molar-refractivity contribution in [2.75, 3.05) is 20.3 Å². The highest BCUT2D eigenvalue weighted by Crippen LogP contribution is 2.25. The molecule has 0 amide bonds. The Balaban J connectivity index is 2.35. The lowest BCUT2D eigenvalue weighted by Crippen LogP contribution is -2.43. The maximum atomic E-state index is 11.7. The van der Waals surface area contributed by atoms with Crippen molar-refractivity contribution in [1.29, 1.82) is 0 Å². The van der Waals surface area contributed by atoms with Crippen LogP contribution in [0.25, 0.3) is 0 Å². The fourth-order valence-electron chi connectivity index (χ4n) is 2.52. The molecule has 0 heterocycles. The average molecular weight is 243 g/mol. The highest BCUT2D eigenvalue weighted by atomic mass is 16.5. The average Bonchev–Trinajstić information content (AvgIpc) is 2.30. The molecule has 0 spiro atoms. The van der Waals surface area contributed by atoms with Crippen molar-refractivity contribution in [3.63, 3.8) is 0 Å². The second kappa shape index (κ2) is 7.67. The number of carbonyl (C=O) groups excluding carboxylic acids is 1. The zero-order valence-corrected chi connectivity index (χ0v) is 11.2. The summed E-state index contributed by atoms with van der Waals surface area (Å²) in [5, 5.41) is 3.51. The van der Waals surface area contributed by atoms with E-state index in [9.17, 15) is 4.79 Å². The standard InChI is InChI=1S/C13H25NO3/c1-4-17-13(15)11-6-5-7-12(8-11)14-10(2)9-16-3/h10-12,14H,4-9H2,1-3H3. The van der Waals surface area contributed by atoms with E-state index in [-0.39, 0.29) is 11.9 Å². The first kappa shape index (κ1) is 14.5. The topological polar surface area (TPSA) is 47.6 Å². The Hall–Kier alpha value is -0.610. The van der Waals surface area contributed by atoms with Crippen molar-refractivity contribution in [2.45, 2.75) is 51.6 Å². The van der Waals surface area contributed by atoms with Gasteiger partial charge in [-0.25, -0.2) is 0 Å². The molecule has 0 aromatic carbocycles. The van der Waals surface area contributed by atoms with Gasteiger partial charge in [-0.05, 0) is 33.1 Å². The van der Waals surface area contributed by atoms with Gasteiger partial charge in [-0.15, -0.1) is 0 Å². The van der Waals surface area contributed by atoms with Gasteiger partial charge in [0.25, 0.3) is 0 Å². The normalized spacial score (nSPS) is 26.5. The van der Waals surface area contributed by atoms with Gasteiger partial charge in [0.15, 0.2) is 0 Å². The van der Waals surface area contributed by atoms with E-state index < -0.39 is 0 Å². The Kier molecular flexibility index (Phi) is 6.52. The SMILES string of the molecule is CCOC(=O)C1CCCC(NC(C)COC)C1. The zero-order chi connectivity index (χ0) is 12.7. The Morgan fingerprint density at radius 2 is 2.24 bits per heavy atom. The molecule has 0 radical (unpaired) electrons. The van der Waals surface area contributed by atoms with Gasteiger partial charge >= 0.3 is 5.97 Å². The van der Waals surface area contributed by atoms with Crippen molar-refractivity contribution in [1.82, 2.24) is 5.32 Å². The van der Waals surface area contributed by atoms with Crippen molar-refractivity contribution in [3.05, 3.63) is 0 Å². The Morgan fingerprint density at radius 1 is 1.47 bits per heavy atom. The predicted octanol–water partition coefficient (Wildman–Crippen LogP) is 1.73. The van der Waals surface area contributed by atoms with E-state index in [0.717, 1.165) is 25.7 Å². The zero-order valence-electron chi connectivity index (χ0n) is 11.2. The van der Waals surface area contributed by atoms with Crippen molar-refractivity contribution in [3.8, 4) is 0 Å². The van der Waals surface area contributed by atoms with E-state index in [2.05, 4.69) is 12.2 Å². The van der Waals surface area contributed by atoms with Gasteiger partial charge < -0.3 is 14.8 Å². The molecule has 0 aromatic heterocycles. The molecule has 1 saturated carbocycles. The first-order valence-electron chi connectivity index (χ1n) is 6.59. The number of hydrogen-bond donors (Lipinski definition) is 1. The summed E-state index contributed by atoms with van der Waals surface area (Å²) in [6, 6.07) is 0.759. The van der Waals surface area contributed by atoms with Crippen LogP contribution in [0.2, 0.25) is 0 Å². The van der Waals surface area contributed by atoms with Gasteiger partial charge in [-0.3, -0.25) is 4.79 Å². The summed E-state index contributed by atoms with van der Waals surface area (Å²) in [5.41, 5.74) is 0. The van der Waals surface area contributed by atoms with Crippen LogP contribution >= 0.6 is 0 Å². The first-order chi connectivity index (χ1) is 8.17.